The van der Waals surface area contributed by atoms with Crippen LogP contribution in [0.4, 0.5) is 0 Å². The second kappa shape index (κ2) is 5.30. The standard InChI is InChI=1S/C12H15BrO/c1-9(2)7-11(14)8-10-5-3-4-6-12(10)13/h3-6,9H,7-8H2,1-2H3. The Hall–Kier alpha value is -0.630. The van der Waals surface area contributed by atoms with Crippen LogP contribution in [0.2, 0.25) is 0 Å². The third-order valence-electron chi connectivity index (χ3n) is 1.98. The zero-order valence-corrected chi connectivity index (χ0v) is 10.2. The zero-order chi connectivity index (χ0) is 10.6. The van der Waals surface area contributed by atoms with Gasteiger partial charge in [0.2, 0.25) is 0 Å². The van der Waals surface area contributed by atoms with Crippen LogP contribution in [0.15, 0.2) is 28.7 Å². The number of rotatable bonds is 4. The number of ketones is 1. The van der Waals surface area contributed by atoms with Crippen LogP contribution in [0.1, 0.15) is 25.8 Å². The molecule has 0 spiro atoms. The predicted molar refractivity (Wildman–Crippen MR) is 62.3 cm³/mol. The maximum Gasteiger partial charge on any atom is 0.137 e. The van der Waals surface area contributed by atoms with Gasteiger partial charge < -0.3 is 0 Å². The first-order valence-corrected chi connectivity index (χ1v) is 5.64. The highest BCUT2D eigenvalue weighted by Crippen LogP contribution is 2.17. The third-order valence-corrected chi connectivity index (χ3v) is 2.75. The molecular weight excluding hydrogens is 240 g/mol. The highest BCUT2D eigenvalue weighted by Gasteiger charge is 2.07. The Morgan fingerprint density at radius 3 is 2.57 bits per heavy atom. The van der Waals surface area contributed by atoms with Crippen LogP contribution in [0.5, 0.6) is 0 Å². The van der Waals surface area contributed by atoms with Crippen LogP contribution < -0.4 is 0 Å². The summed E-state index contributed by atoms with van der Waals surface area (Å²) in [6.45, 7) is 4.13. The molecule has 2 heteroatoms. The summed E-state index contributed by atoms with van der Waals surface area (Å²) in [6, 6.07) is 7.88. The fraction of sp³-hybridized carbons (Fsp3) is 0.417. The zero-order valence-electron chi connectivity index (χ0n) is 8.59. The Morgan fingerprint density at radius 1 is 1.36 bits per heavy atom. The summed E-state index contributed by atoms with van der Waals surface area (Å²) in [6.07, 6.45) is 1.21. The predicted octanol–water partition coefficient (Wildman–Crippen LogP) is 3.61. The lowest BCUT2D eigenvalue weighted by Gasteiger charge is -2.05. The van der Waals surface area contributed by atoms with E-state index in [4.69, 9.17) is 0 Å². The number of benzene rings is 1. The quantitative estimate of drug-likeness (QED) is 0.803. The first-order valence-electron chi connectivity index (χ1n) is 4.84. The Balaban J connectivity index is 2.61. The minimum Gasteiger partial charge on any atom is -0.299 e. The molecule has 0 aliphatic heterocycles. The van der Waals surface area contributed by atoms with Crippen molar-refractivity contribution < 1.29 is 4.79 Å². The molecule has 0 radical (unpaired) electrons. The molecule has 0 saturated carbocycles. The topological polar surface area (TPSA) is 17.1 Å². The highest BCUT2D eigenvalue weighted by molar-refractivity contribution is 9.10. The van der Waals surface area contributed by atoms with Crippen molar-refractivity contribution in [1.29, 1.82) is 0 Å². The van der Waals surface area contributed by atoms with Crippen molar-refractivity contribution in [1.82, 2.24) is 0 Å². The Morgan fingerprint density at radius 2 is 2.00 bits per heavy atom. The summed E-state index contributed by atoms with van der Waals surface area (Å²) >= 11 is 3.44. The van der Waals surface area contributed by atoms with E-state index in [-0.39, 0.29) is 0 Å². The van der Waals surface area contributed by atoms with Crippen LogP contribution in [-0.4, -0.2) is 5.78 Å². The van der Waals surface area contributed by atoms with Gasteiger partial charge in [-0.3, -0.25) is 4.79 Å². The molecule has 0 heterocycles. The van der Waals surface area contributed by atoms with E-state index in [1.54, 1.807) is 0 Å². The second-order valence-corrected chi connectivity index (χ2v) is 4.76. The molecule has 0 fully saturated rings. The molecule has 0 unspecified atom stereocenters. The lowest BCUT2D eigenvalue weighted by molar-refractivity contribution is -0.119. The van der Waals surface area contributed by atoms with Crippen molar-refractivity contribution in [2.45, 2.75) is 26.7 Å². The number of hydrogen-bond acceptors (Lipinski definition) is 1. The van der Waals surface area contributed by atoms with Crippen molar-refractivity contribution >= 4 is 21.7 Å². The van der Waals surface area contributed by atoms with E-state index in [0.717, 1.165) is 10.0 Å². The van der Waals surface area contributed by atoms with Gasteiger partial charge in [-0.2, -0.15) is 0 Å². The van der Waals surface area contributed by atoms with E-state index in [9.17, 15) is 4.79 Å². The van der Waals surface area contributed by atoms with Gasteiger partial charge in [0.25, 0.3) is 0 Å². The molecule has 14 heavy (non-hydrogen) atoms. The van der Waals surface area contributed by atoms with Crippen LogP contribution in [-0.2, 0) is 11.2 Å². The van der Waals surface area contributed by atoms with Crippen LogP contribution >= 0.6 is 15.9 Å². The second-order valence-electron chi connectivity index (χ2n) is 3.90. The van der Waals surface area contributed by atoms with Crippen LogP contribution in [0, 0.1) is 5.92 Å². The van der Waals surface area contributed by atoms with Crippen molar-refractivity contribution in [3.63, 3.8) is 0 Å². The van der Waals surface area contributed by atoms with Crippen molar-refractivity contribution in [2.24, 2.45) is 5.92 Å². The number of carbonyl (C=O) groups is 1. The lowest BCUT2D eigenvalue weighted by atomic mass is 10.0. The van der Waals surface area contributed by atoms with Gasteiger partial charge in [0, 0.05) is 17.3 Å². The first kappa shape index (κ1) is 11.4. The van der Waals surface area contributed by atoms with Gasteiger partial charge in [-0.05, 0) is 17.5 Å². The first-order chi connectivity index (χ1) is 6.59. The number of halogens is 1. The molecule has 0 atom stereocenters. The third kappa shape index (κ3) is 3.62. The van der Waals surface area contributed by atoms with E-state index in [0.29, 0.717) is 24.5 Å². The number of Topliss-reactive ketones (excluding diaryl/α,β-unsaturated/α-hetero) is 1. The molecule has 0 saturated heterocycles. The molecule has 76 valence electrons. The Kier molecular flexibility index (Phi) is 4.33. The Labute approximate surface area is 93.7 Å². The van der Waals surface area contributed by atoms with Crippen molar-refractivity contribution in [3.05, 3.63) is 34.3 Å². The summed E-state index contributed by atoms with van der Waals surface area (Å²) in [5.41, 5.74) is 1.08. The molecule has 0 amide bonds. The smallest absolute Gasteiger partial charge is 0.137 e. The van der Waals surface area contributed by atoms with Gasteiger partial charge in [-0.25, -0.2) is 0 Å². The molecule has 0 N–H and O–H groups in total. The van der Waals surface area contributed by atoms with E-state index in [2.05, 4.69) is 29.8 Å². The summed E-state index contributed by atoms with van der Waals surface area (Å²) < 4.78 is 1.03. The fourth-order valence-corrected chi connectivity index (χ4v) is 1.81. The largest absolute Gasteiger partial charge is 0.299 e. The summed E-state index contributed by atoms with van der Waals surface area (Å²) in [5.74, 6) is 0.761. The summed E-state index contributed by atoms with van der Waals surface area (Å²) in [7, 11) is 0. The van der Waals surface area contributed by atoms with Gasteiger partial charge in [-0.15, -0.1) is 0 Å². The maximum absolute atomic E-state index is 11.6. The number of carbonyl (C=O) groups excluding carboxylic acids is 1. The number of hydrogen-bond donors (Lipinski definition) is 0. The highest BCUT2D eigenvalue weighted by atomic mass is 79.9. The molecule has 1 aromatic rings. The Bertz CT molecular complexity index is 318. The molecule has 0 aromatic heterocycles. The summed E-state index contributed by atoms with van der Waals surface area (Å²) in [5, 5.41) is 0. The van der Waals surface area contributed by atoms with Gasteiger partial charge in [0.05, 0.1) is 0 Å². The minimum absolute atomic E-state index is 0.312. The van der Waals surface area contributed by atoms with E-state index in [1.165, 1.54) is 0 Å². The molecular formula is C12H15BrO. The fourth-order valence-electron chi connectivity index (χ4n) is 1.38. The van der Waals surface area contributed by atoms with Gasteiger partial charge >= 0.3 is 0 Å². The lowest BCUT2D eigenvalue weighted by Crippen LogP contribution is -2.06. The molecule has 1 aromatic carbocycles. The summed E-state index contributed by atoms with van der Waals surface area (Å²) in [4.78, 5) is 11.6. The SMILES string of the molecule is CC(C)CC(=O)Cc1ccccc1Br. The molecule has 0 aliphatic rings. The average molecular weight is 255 g/mol. The van der Waals surface area contributed by atoms with Crippen LogP contribution in [0.3, 0.4) is 0 Å². The molecule has 1 rings (SSSR count). The van der Waals surface area contributed by atoms with Crippen LogP contribution in [0.25, 0.3) is 0 Å². The normalized spacial score (nSPS) is 10.6. The maximum atomic E-state index is 11.6. The minimum atomic E-state index is 0.312. The average Bonchev–Trinajstić information content (AvgIpc) is 2.07. The van der Waals surface area contributed by atoms with Gasteiger partial charge in [-0.1, -0.05) is 48.0 Å². The van der Waals surface area contributed by atoms with Gasteiger partial charge in [0.15, 0.2) is 0 Å². The van der Waals surface area contributed by atoms with Crippen molar-refractivity contribution in [3.8, 4) is 0 Å². The van der Waals surface area contributed by atoms with Crippen molar-refractivity contribution in [2.75, 3.05) is 0 Å². The molecule has 0 bridgehead atoms. The molecule has 1 nitrogen and oxygen atoms in total. The van der Waals surface area contributed by atoms with E-state index >= 15 is 0 Å². The van der Waals surface area contributed by atoms with E-state index in [1.807, 2.05) is 24.3 Å². The van der Waals surface area contributed by atoms with Gasteiger partial charge in [0.1, 0.15) is 5.78 Å². The molecule has 0 aliphatic carbocycles. The monoisotopic (exact) mass is 254 g/mol. The van der Waals surface area contributed by atoms with E-state index < -0.39 is 0 Å².